The maximum atomic E-state index is 13.4. The van der Waals surface area contributed by atoms with Crippen molar-refractivity contribution in [3.05, 3.63) is 53.6 Å². The third kappa shape index (κ3) is 2.11. The highest BCUT2D eigenvalue weighted by Crippen LogP contribution is 2.55. The fourth-order valence-corrected chi connectivity index (χ4v) is 1.60. The van der Waals surface area contributed by atoms with Crippen molar-refractivity contribution < 1.29 is 18.3 Å². The standard InChI is InChI=1S/C13H10F2O2/c1-17-11(16)8-7-10-12(13(10,14)15)9-5-3-2-4-6-9/h2-8H,1H3/b8-7+. The van der Waals surface area contributed by atoms with Gasteiger partial charge in [0, 0.05) is 17.2 Å². The number of hydrogen-bond acceptors (Lipinski definition) is 2. The van der Waals surface area contributed by atoms with Crippen LogP contribution in [0.1, 0.15) is 5.56 Å². The molecule has 0 unspecified atom stereocenters. The Morgan fingerprint density at radius 2 is 1.94 bits per heavy atom. The number of benzene rings is 1. The van der Waals surface area contributed by atoms with Crippen LogP contribution in [0.5, 0.6) is 0 Å². The zero-order valence-electron chi connectivity index (χ0n) is 9.11. The van der Waals surface area contributed by atoms with Crippen molar-refractivity contribution in [2.24, 2.45) is 0 Å². The van der Waals surface area contributed by atoms with Crippen LogP contribution in [0.15, 0.2) is 48.1 Å². The van der Waals surface area contributed by atoms with Gasteiger partial charge in [-0.1, -0.05) is 30.3 Å². The molecule has 4 heteroatoms. The Balaban J connectivity index is 2.25. The zero-order valence-corrected chi connectivity index (χ0v) is 9.11. The summed E-state index contributed by atoms with van der Waals surface area (Å²) in [6.07, 6.45) is 2.10. The average Bonchev–Trinajstić information content (AvgIpc) is 2.89. The molecule has 1 aliphatic rings. The van der Waals surface area contributed by atoms with Crippen LogP contribution in [0.4, 0.5) is 8.78 Å². The van der Waals surface area contributed by atoms with E-state index in [9.17, 15) is 13.6 Å². The number of ether oxygens (including phenoxy) is 1. The van der Waals surface area contributed by atoms with Crippen molar-refractivity contribution in [2.75, 3.05) is 7.11 Å². The number of allylic oxidation sites excluding steroid dienone is 3. The molecule has 0 aromatic heterocycles. The van der Waals surface area contributed by atoms with E-state index in [0.717, 1.165) is 12.2 Å². The lowest BCUT2D eigenvalue weighted by molar-refractivity contribution is -0.134. The largest absolute Gasteiger partial charge is 0.466 e. The predicted molar refractivity (Wildman–Crippen MR) is 59.5 cm³/mol. The molecule has 0 saturated heterocycles. The molecule has 1 aliphatic carbocycles. The Bertz CT molecular complexity index is 501. The lowest BCUT2D eigenvalue weighted by Crippen LogP contribution is -1.97. The number of carbonyl (C=O) groups excluding carboxylic acids is 1. The fraction of sp³-hybridized carbons (Fsp3) is 0.154. The van der Waals surface area contributed by atoms with Crippen LogP contribution < -0.4 is 0 Å². The van der Waals surface area contributed by atoms with E-state index in [4.69, 9.17) is 0 Å². The molecule has 0 atom stereocenters. The minimum atomic E-state index is -2.94. The van der Waals surface area contributed by atoms with Crippen LogP contribution in [0.25, 0.3) is 5.57 Å². The molecule has 1 aromatic rings. The zero-order chi connectivity index (χ0) is 12.5. The highest BCUT2D eigenvalue weighted by atomic mass is 19.3. The van der Waals surface area contributed by atoms with Gasteiger partial charge in [-0.15, -0.1) is 0 Å². The molecule has 0 fully saturated rings. The topological polar surface area (TPSA) is 26.3 Å². The molecular formula is C13H10F2O2. The third-order valence-corrected chi connectivity index (χ3v) is 2.51. The van der Waals surface area contributed by atoms with Gasteiger partial charge in [0.05, 0.1) is 7.11 Å². The van der Waals surface area contributed by atoms with Gasteiger partial charge in [-0.2, -0.15) is 8.78 Å². The second-order valence-electron chi connectivity index (χ2n) is 3.59. The van der Waals surface area contributed by atoms with Gasteiger partial charge in [0.25, 0.3) is 5.92 Å². The molecule has 0 saturated carbocycles. The van der Waals surface area contributed by atoms with Crippen molar-refractivity contribution in [2.45, 2.75) is 5.92 Å². The number of esters is 1. The van der Waals surface area contributed by atoms with Gasteiger partial charge in [0.15, 0.2) is 0 Å². The van der Waals surface area contributed by atoms with Gasteiger partial charge < -0.3 is 4.74 Å². The molecular weight excluding hydrogens is 226 g/mol. The van der Waals surface area contributed by atoms with Crippen molar-refractivity contribution in [3.63, 3.8) is 0 Å². The minimum Gasteiger partial charge on any atom is -0.466 e. The second kappa shape index (κ2) is 4.13. The van der Waals surface area contributed by atoms with E-state index in [2.05, 4.69) is 4.74 Å². The van der Waals surface area contributed by atoms with Crippen molar-refractivity contribution in [1.82, 2.24) is 0 Å². The molecule has 0 bridgehead atoms. The summed E-state index contributed by atoms with van der Waals surface area (Å²) in [6.45, 7) is 0. The van der Waals surface area contributed by atoms with Crippen LogP contribution in [-0.4, -0.2) is 19.0 Å². The van der Waals surface area contributed by atoms with E-state index in [-0.39, 0.29) is 11.1 Å². The van der Waals surface area contributed by atoms with E-state index in [0.29, 0.717) is 5.56 Å². The van der Waals surface area contributed by atoms with Gasteiger partial charge in [-0.3, -0.25) is 0 Å². The maximum absolute atomic E-state index is 13.4. The highest BCUT2D eigenvalue weighted by molar-refractivity contribution is 5.95. The molecule has 17 heavy (non-hydrogen) atoms. The fourth-order valence-electron chi connectivity index (χ4n) is 1.60. The monoisotopic (exact) mass is 236 g/mol. The van der Waals surface area contributed by atoms with E-state index in [1.54, 1.807) is 30.3 Å². The lowest BCUT2D eigenvalue weighted by Gasteiger charge is -1.96. The number of halogens is 2. The molecule has 0 radical (unpaired) electrons. The summed E-state index contributed by atoms with van der Waals surface area (Å²) < 4.78 is 31.2. The molecule has 0 N–H and O–H groups in total. The van der Waals surface area contributed by atoms with Crippen LogP contribution in [0.3, 0.4) is 0 Å². The SMILES string of the molecule is COC(=O)/C=C/C1=C(c2ccccc2)C1(F)F. The first-order valence-electron chi connectivity index (χ1n) is 5.02. The first-order valence-corrected chi connectivity index (χ1v) is 5.02. The Labute approximate surface area is 97.2 Å². The minimum absolute atomic E-state index is 0.0294. The smallest absolute Gasteiger partial charge is 0.330 e. The summed E-state index contributed by atoms with van der Waals surface area (Å²) in [7, 11) is 1.20. The van der Waals surface area contributed by atoms with E-state index < -0.39 is 11.9 Å². The van der Waals surface area contributed by atoms with Crippen LogP contribution in [0, 0.1) is 0 Å². The summed E-state index contributed by atoms with van der Waals surface area (Å²) in [6, 6.07) is 8.37. The molecule has 88 valence electrons. The normalized spacial score (nSPS) is 17.4. The lowest BCUT2D eigenvalue weighted by atomic mass is 10.2. The summed E-state index contributed by atoms with van der Waals surface area (Å²) in [4.78, 5) is 10.8. The van der Waals surface area contributed by atoms with Crippen molar-refractivity contribution in [3.8, 4) is 0 Å². The Kier molecular flexibility index (Phi) is 2.79. The molecule has 0 spiro atoms. The summed E-state index contributed by atoms with van der Waals surface area (Å²) in [5.74, 6) is -3.58. The highest BCUT2D eigenvalue weighted by Gasteiger charge is 2.54. The first kappa shape index (κ1) is 11.5. The molecule has 1 aromatic carbocycles. The second-order valence-corrected chi connectivity index (χ2v) is 3.59. The molecule has 2 rings (SSSR count). The number of rotatable bonds is 3. The summed E-state index contributed by atoms with van der Waals surface area (Å²) in [5.41, 5.74) is 0.314. The number of methoxy groups -OCH3 is 1. The van der Waals surface area contributed by atoms with Crippen LogP contribution in [0.2, 0.25) is 0 Å². The first-order chi connectivity index (χ1) is 8.07. The average molecular weight is 236 g/mol. The Morgan fingerprint density at radius 1 is 1.29 bits per heavy atom. The van der Waals surface area contributed by atoms with Gasteiger partial charge in [0.2, 0.25) is 0 Å². The molecule has 0 heterocycles. The van der Waals surface area contributed by atoms with Crippen molar-refractivity contribution in [1.29, 1.82) is 0 Å². The summed E-state index contributed by atoms with van der Waals surface area (Å²) >= 11 is 0. The molecule has 2 nitrogen and oxygen atoms in total. The molecule has 0 amide bonds. The quantitative estimate of drug-likeness (QED) is 0.596. The Hall–Kier alpha value is -1.97. The Morgan fingerprint density at radius 3 is 2.53 bits per heavy atom. The van der Waals surface area contributed by atoms with E-state index >= 15 is 0 Å². The van der Waals surface area contributed by atoms with Gasteiger partial charge in [-0.05, 0) is 11.6 Å². The van der Waals surface area contributed by atoms with Gasteiger partial charge in [0.1, 0.15) is 0 Å². The molecule has 0 aliphatic heterocycles. The van der Waals surface area contributed by atoms with Crippen molar-refractivity contribution >= 4 is 11.5 Å². The van der Waals surface area contributed by atoms with E-state index in [1.165, 1.54) is 7.11 Å². The van der Waals surface area contributed by atoms with E-state index in [1.807, 2.05) is 0 Å². The summed E-state index contributed by atoms with van der Waals surface area (Å²) in [5, 5.41) is 0. The number of hydrogen-bond donors (Lipinski definition) is 0. The number of alkyl halides is 2. The third-order valence-electron chi connectivity index (χ3n) is 2.51. The maximum Gasteiger partial charge on any atom is 0.330 e. The van der Waals surface area contributed by atoms with Crippen LogP contribution in [-0.2, 0) is 9.53 Å². The van der Waals surface area contributed by atoms with Gasteiger partial charge in [-0.25, -0.2) is 4.79 Å². The predicted octanol–water partition coefficient (Wildman–Crippen LogP) is 2.82. The van der Waals surface area contributed by atoms with Gasteiger partial charge >= 0.3 is 5.97 Å². The number of carbonyl (C=O) groups is 1. The van der Waals surface area contributed by atoms with Crippen LogP contribution >= 0.6 is 0 Å².